The van der Waals surface area contributed by atoms with Gasteiger partial charge < -0.3 is 9.80 Å². The van der Waals surface area contributed by atoms with E-state index in [1.165, 1.54) is 11.8 Å². The molecule has 0 aromatic heterocycles. The minimum absolute atomic E-state index is 0.0673. The summed E-state index contributed by atoms with van der Waals surface area (Å²) in [5.41, 5.74) is 2.32. The van der Waals surface area contributed by atoms with Crippen molar-refractivity contribution in [2.24, 2.45) is 0 Å². The van der Waals surface area contributed by atoms with Gasteiger partial charge in [0.2, 0.25) is 5.91 Å². The quantitative estimate of drug-likeness (QED) is 0.432. The number of likely N-dealkylation sites (tertiary alicyclic amines) is 1. The maximum absolute atomic E-state index is 12.4. The predicted octanol–water partition coefficient (Wildman–Crippen LogP) is -1.34. The fourth-order valence-corrected chi connectivity index (χ4v) is 3.81. The lowest BCUT2D eigenvalue weighted by atomic mass is 10.0. The average molecular weight is 392 g/mol. The van der Waals surface area contributed by atoms with Crippen molar-refractivity contribution in [2.75, 3.05) is 19.6 Å². The topological polar surface area (TPSA) is 146 Å². The number of hydrogen-bond donors (Lipinski definition) is 2. The van der Waals surface area contributed by atoms with Gasteiger partial charge in [-0.05, 0) is 19.3 Å². The number of carbonyl (C=O) groups is 3. The molecule has 2 unspecified atom stereocenters. The van der Waals surface area contributed by atoms with Gasteiger partial charge in [0.25, 0.3) is 5.91 Å². The van der Waals surface area contributed by atoms with Gasteiger partial charge in [-0.3, -0.25) is 19.0 Å². The summed E-state index contributed by atoms with van der Waals surface area (Å²) in [6, 6.07) is -2.21. The molecule has 0 aromatic rings. The maximum atomic E-state index is 12.4. The molecular weight excluding hydrogens is 372 g/mol. The molecule has 2 N–H and O–H groups in total. The first-order chi connectivity index (χ1) is 12.2. The Bertz CT molecular complexity index is 713. The third-order valence-electron chi connectivity index (χ3n) is 4.72. The van der Waals surface area contributed by atoms with Crippen LogP contribution in [0.3, 0.4) is 0 Å². The fraction of sp³-hybridized carbons (Fsp3) is 0.769. The lowest BCUT2D eigenvalue weighted by Crippen LogP contribution is -2.50. The van der Waals surface area contributed by atoms with Crippen molar-refractivity contribution >= 4 is 28.2 Å². The van der Waals surface area contributed by atoms with Gasteiger partial charge in [-0.1, -0.05) is 0 Å². The van der Waals surface area contributed by atoms with E-state index in [0.29, 0.717) is 37.4 Å². The minimum Gasteiger partial charge on any atom is -0.340 e. The molecule has 3 saturated heterocycles. The highest BCUT2D eigenvalue weighted by molar-refractivity contribution is 7.80. The smallest absolute Gasteiger partial charge is 0.340 e. The van der Waals surface area contributed by atoms with Crippen molar-refractivity contribution in [1.29, 1.82) is 0 Å². The molecule has 3 rings (SSSR count). The first-order valence-corrected chi connectivity index (χ1v) is 9.50. The van der Waals surface area contributed by atoms with Gasteiger partial charge in [0.1, 0.15) is 12.1 Å². The summed E-state index contributed by atoms with van der Waals surface area (Å²) in [6.07, 6.45) is 0.886. The van der Waals surface area contributed by atoms with E-state index in [-0.39, 0.29) is 18.6 Å². The van der Waals surface area contributed by atoms with Crippen LogP contribution in [0, 0.1) is 0 Å². The van der Waals surface area contributed by atoms with E-state index in [1.807, 2.05) is 0 Å². The Hall–Kier alpha value is -1.96. The largest absolute Gasteiger partial charge is 0.418 e. The molecule has 4 amide bonds. The predicted molar refractivity (Wildman–Crippen MR) is 83.3 cm³/mol. The standard InChI is InChI=1S/C13H20N4O8S/c1-8(18)15-5-4-10(7-15)24-14-12(19)11-3-2-9-6-16(11)13(20)17(9)25-26(21,22)23/h9-11H,2-7H2,1H3,(H,14,19)(H,21,22,23)/t9?,10?,11-/m0/s1. The first kappa shape index (κ1) is 18.8. The van der Waals surface area contributed by atoms with E-state index in [4.69, 9.17) is 9.39 Å². The molecular formula is C13H20N4O8S. The van der Waals surface area contributed by atoms with Gasteiger partial charge in [0.15, 0.2) is 0 Å². The van der Waals surface area contributed by atoms with Crippen molar-refractivity contribution in [3.63, 3.8) is 0 Å². The van der Waals surface area contributed by atoms with Crippen LogP contribution in [0.2, 0.25) is 0 Å². The molecule has 0 radical (unpaired) electrons. The number of amides is 4. The normalized spacial score (nSPS) is 28.6. The van der Waals surface area contributed by atoms with E-state index in [2.05, 4.69) is 9.76 Å². The second kappa shape index (κ2) is 6.98. The van der Waals surface area contributed by atoms with Gasteiger partial charge in [-0.25, -0.2) is 10.3 Å². The molecule has 3 aliphatic heterocycles. The number of hydroxylamine groups is 3. The van der Waals surface area contributed by atoms with Crippen LogP contribution < -0.4 is 5.48 Å². The Morgan fingerprint density at radius 1 is 1.23 bits per heavy atom. The molecule has 146 valence electrons. The number of fused-ring (bicyclic) bond motifs is 2. The second-order valence-corrected chi connectivity index (χ2v) is 7.47. The lowest BCUT2D eigenvalue weighted by Gasteiger charge is -2.29. The van der Waals surface area contributed by atoms with E-state index in [1.54, 1.807) is 4.90 Å². The number of nitrogens with zero attached hydrogens (tertiary/aromatic N) is 3. The summed E-state index contributed by atoms with van der Waals surface area (Å²) >= 11 is 0. The maximum Gasteiger partial charge on any atom is 0.418 e. The molecule has 0 aliphatic carbocycles. The number of piperidine rings is 1. The van der Waals surface area contributed by atoms with E-state index in [0.717, 1.165) is 0 Å². The van der Waals surface area contributed by atoms with E-state index in [9.17, 15) is 22.8 Å². The minimum atomic E-state index is -4.83. The zero-order chi connectivity index (χ0) is 19.1. The highest BCUT2D eigenvalue weighted by Crippen LogP contribution is 2.30. The second-order valence-electron chi connectivity index (χ2n) is 6.47. The fourth-order valence-electron chi connectivity index (χ4n) is 3.42. The first-order valence-electron chi connectivity index (χ1n) is 8.13. The number of hydrogen-bond acceptors (Lipinski definition) is 7. The van der Waals surface area contributed by atoms with Gasteiger partial charge in [0, 0.05) is 26.6 Å². The Kier molecular flexibility index (Phi) is 5.05. The average Bonchev–Trinajstić information content (AvgIpc) is 3.12. The molecule has 3 aliphatic rings. The lowest BCUT2D eigenvalue weighted by molar-refractivity contribution is -0.143. The van der Waals surface area contributed by atoms with Crippen LogP contribution in [0.1, 0.15) is 26.2 Å². The SMILES string of the molecule is CC(=O)N1CCC(ONC(=O)[C@@H]2CCC3CN2C(=O)N3OS(=O)(=O)O)C1. The summed E-state index contributed by atoms with van der Waals surface area (Å²) in [6.45, 7) is 2.49. The van der Waals surface area contributed by atoms with Crippen LogP contribution in [0.4, 0.5) is 4.79 Å². The van der Waals surface area contributed by atoms with Crippen molar-refractivity contribution < 1.29 is 36.5 Å². The zero-order valence-corrected chi connectivity index (χ0v) is 14.8. The Morgan fingerprint density at radius 2 is 1.96 bits per heavy atom. The van der Waals surface area contributed by atoms with Gasteiger partial charge in [-0.15, -0.1) is 4.28 Å². The molecule has 2 bridgehead atoms. The summed E-state index contributed by atoms with van der Waals surface area (Å²) in [5.74, 6) is -0.603. The summed E-state index contributed by atoms with van der Waals surface area (Å²) in [4.78, 5) is 44.0. The molecule has 13 heteroatoms. The van der Waals surface area contributed by atoms with Crippen molar-refractivity contribution in [2.45, 2.75) is 44.4 Å². The molecule has 26 heavy (non-hydrogen) atoms. The highest BCUT2D eigenvalue weighted by atomic mass is 32.3. The van der Waals surface area contributed by atoms with E-state index >= 15 is 0 Å². The highest BCUT2D eigenvalue weighted by Gasteiger charge is 2.49. The van der Waals surface area contributed by atoms with Crippen LogP contribution in [0.15, 0.2) is 0 Å². The van der Waals surface area contributed by atoms with Crippen LogP contribution in [-0.2, 0) is 29.1 Å². The Morgan fingerprint density at radius 3 is 2.58 bits per heavy atom. The molecule has 0 saturated carbocycles. The summed E-state index contributed by atoms with van der Waals surface area (Å²) in [5, 5.41) is 0.575. The van der Waals surface area contributed by atoms with Crippen molar-refractivity contribution in [3.8, 4) is 0 Å². The third kappa shape index (κ3) is 3.90. The van der Waals surface area contributed by atoms with Crippen molar-refractivity contribution in [1.82, 2.24) is 20.3 Å². The monoisotopic (exact) mass is 392 g/mol. The zero-order valence-electron chi connectivity index (χ0n) is 14.0. The van der Waals surface area contributed by atoms with Crippen molar-refractivity contribution in [3.05, 3.63) is 0 Å². The Labute approximate surface area is 149 Å². The number of carbonyl (C=O) groups excluding carboxylic acids is 3. The van der Waals surface area contributed by atoms with E-state index < -0.39 is 34.4 Å². The molecule has 3 atom stereocenters. The molecule has 12 nitrogen and oxygen atoms in total. The van der Waals surface area contributed by atoms with Crippen LogP contribution in [0.25, 0.3) is 0 Å². The third-order valence-corrected chi connectivity index (χ3v) is 5.07. The van der Waals surface area contributed by atoms with Gasteiger partial charge >= 0.3 is 16.4 Å². The molecule has 0 spiro atoms. The van der Waals surface area contributed by atoms with Crippen LogP contribution >= 0.6 is 0 Å². The van der Waals surface area contributed by atoms with Crippen LogP contribution in [-0.4, -0.2) is 83.5 Å². The number of nitrogens with one attached hydrogen (secondary N) is 1. The van der Waals surface area contributed by atoms with Gasteiger partial charge in [-0.2, -0.15) is 13.5 Å². The van der Waals surface area contributed by atoms with Crippen LogP contribution in [0.5, 0.6) is 0 Å². The molecule has 3 heterocycles. The molecule has 3 fully saturated rings. The summed E-state index contributed by atoms with van der Waals surface area (Å²) < 4.78 is 34.8. The molecule has 0 aromatic carbocycles. The number of urea groups is 1. The Balaban J connectivity index is 1.55. The number of rotatable bonds is 5. The summed E-state index contributed by atoms with van der Waals surface area (Å²) in [7, 11) is -4.83. The van der Waals surface area contributed by atoms with Gasteiger partial charge in [0.05, 0.1) is 6.04 Å².